The number of benzene rings is 2. The van der Waals surface area contributed by atoms with Gasteiger partial charge in [-0.2, -0.15) is 5.10 Å². The fraction of sp³-hybridized carbons (Fsp3) is 0.105. The van der Waals surface area contributed by atoms with Crippen LogP contribution in [0.4, 0.5) is 10.8 Å². The molecule has 12 nitrogen and oxygen atoms in total. The van der Waals surface area contributed by atoms with Gasteiger partial charge in [0.15, 0.2) is 11.5 Å². The molecule has 170 valence electrons. The number of anilines is 1. The maximum absolute atomic E-state index is 12.3. The molecule has 0 aliphatic heterocycles. The van der Waals surface area contributed by atoms with Gasteiger partial charge in [0.25, 0.3) is 11.6 Å². The number of carbonyl (C=O) groups excluding carboxylic acids is 2. The maximum Gasteiger partial charge on any atom is 0.287 e. The van der Waals surface area contributed by atoms with Crippen molar-refractivity contribution >= 4 is 51.8 Å². The van der Waals surface area contributed by atoms with E-state index in [9.17, 15) is 24.8 Å². The highest BCUT2D eigenvalue weighted by Gasteiger charge is 2.17. The lowest BCUT2D eigenvalue weighted by molar-refractivity contribution is -0.384. The molecule has 0 fully saturated rings. The molecule has 2 aromatic carbocycles. The summed E-state index contributed by atoms with van der Waals surface area (Å²) in [6, 6.07) is 8.37. The van der Waals surface area contributed by atoms with Crippen molar-refractivity contribution in [2.75, 3.05) is 12.4 Å². The molecule has 3 N–H and O–H groups in total. The third-order valence-corrected chi connectivity index (χ3v) is 5.19. The highest BCUT2D eigenvalue weighted by Crippen LogP contribution is 2.28. The Hall–Kier alpha value is -4.10. The van der Waals surface area contributed by atoms with Gasteiger partial charge in [-0.25, -0.2) is 5.43 Å². The van der Waals surface area contributed by atoms with E-state index in [1.165, 1.54) is 25.5 Å². The zero-order chi connectivity index (χ0) is 24.0. The van der Waals surface area contributed by atoms with Crippen LogP contribution in [-0.2, 0) is 11.2 Å². The SMILES string of the molecule is COc1cccc(/C=N\NC(=O)Cc2nnc(NC(=O)c3ccc([N+](=O)[O-])c(Cl)c3)s2)c1O. The molecule has 33 heavy (non-hydrogen) atoms. The normalized spacial score (nSPS) is 10.7. The fourth-order valence-corrected chi connectivity index (χ4v) is 3.48. The molecule has 3 rings (SSSR count). The number of nitrogens with zero attached hydrogens (tertiary/aromatic N) is 4. The van der Waals surface area contributed by atoms with Crippen molar-refractivity contribution in [1.82, 2.24) is 15.6 Å². The number of halogens is 1. The van der Waals surface area contributed by atoms with Crippen molar-refractivity contribution in [2.24, 2.45) is 5.10 Å². The summed E-state index contributed by atoms with van der Waals surface area (Å²) < 4.78 is 4.99. The number of rotatable bonds is 8. The monoisotopic (exact) mass is 490 g/mol. The van der Waals surface area contributed by atoms with Crippen LogP contribution in [0, 0.1) is 10.1 Å². The minimum atomic E-state index is -0.657. The molecule has 1 heterocycles. The Morgan fingerprint density at radius 1 is 1.33 bits per heavy atom. The summed E-state index contributed by atoms with van der Waals surface area (Å²) in [5.74, 6) is -0.937. The Morgan fingerprint density at radius 3 is 2.82 bits per heavy atom. The number of hydrazone groups is 1. The molecule has 0 atom stereocenters. The van der Waals surface area contributed by atoms with Gasteiger partial charge >= 0.3 is 0 Å². The number of methoxy groups -OCH3 is 1. The molecular formula is C19H15ClN6O6S. The number of ether oxygens (including phenoxy) is 1. The van der Waals surface area contributed by atoms with Crippen molar-refractivity contribution in [2.45, 2.75) is 6.42 Å². The number of aromatic hydroxyl groups is 1. The summed E-state index contributed by atoms with van der Waals surface area (Å²) in [6.45, 7) is 0. The first-order chi connectivity index (χ1) is 15.8. The van der Waals surface area contributed by atoms with Crippen molar-refractivity contribution in [1.29, 1.82) is 0 Å². The van der Waals surface area contributed by atoms with E-state index in [-0.39, 0.29) is 39.3 Å². The average Bonchev–Trinajstić information content (AvgIpc) is 3.21. The lowest BCUT2D eigenvalue weighted by Gasteiger charge is -2.04. The maximum atomic E-state index is 12.3. The number of phenols is 1. The van der Waals surface area contributed by atoms with Crippen LogP contribution in [0.25, 0.3) is 0 Å². The Morgan fingerprint density at radius 2 is 2.12 bits per heavy atom. The molecule has 3 aromatic rings. The van der Waals surface area contributed by atoms with Gasteiger partial charge in [-0.1, -0.05) is 29.0 Å². The second kappa shape index (κ2) is 10.5. The van der Waals surface area contributed by atoms with Gasteiger partial charge in [-0.3, -0.25) is 25.0 Å². The lowest BCUT2D eigenvalue weighted by atomic mass is 10.2. The van der Waals surface area contributed by atoms with E-state index in [1.54, 1.807) is 18.2 Å². The quantitative estimate of drug-likeness (QED) is 0.246. The van der Waals surface area contributed by atoms with Gasteiger partial charge in [0.1, 0.15) is 10.0 Å². The number of para-hydroxylation sites is 1. The van der Waals surface area contributed by atoms with Crippen LogP contribution in [0.5, 0.6) is 11.5 Å². The molecule has 1 aromatic heterocycles. The van der Waals surface area contributed by atoms with E-state index in [4.69, 9.17) is 16.3 Å². The van der Waals surface area contributed by atoms with Gasteiger partial charge in [0, 0.05) is 17.2 Å². The Kier molecular flexibility index (Phi) is 7.48. The van der Waals surface area contributed by atoms with Crippen molar-refractivity contribution in [3.8, 4) is 11.5 Å². The number of phenolic OH excluding ortho intramolecular Hbond substituents is 1. The van der Waals surface area contributed by atoms with Gasteiger partial charge in [-0.05, 0) is 24.3 Å². The number of nitrogens with one attached hydrogen (secondary N) is 2. The van der Waals surface area contributed by atoms with Crippen LogP contribution in [0.3, 0.4) is 0 Å². The van der Waals surface area contributed by atoms with Crippen LogP contribution in [-0.4, -0.2) is 45.4 Å². The van der Waals surface area contributed by atoms with Crippen molar-refractivity contribution in [3.05, 3.63) is 67.7 Å². The van der Waals surface area contributed by atoms with Crippen LogP contribution >= 0.6 is 22.9 Å². The Bertz CT molecular complexity index is 1250. The summed E-state index contributed by atoms with van der Waals surface area (Å²) in [5.41, 5.74) is 2.43. The van der Waals surface area contributed by atoms with E-state index in [1.807, 2.05) is 0 Å². The predicted octanol–water partition coefficient (Wildman–Crippen LogP) is 2.76. The molecule has 0 bridgehead atoms. The highest BCUT2D eigenvalue weighted by molar-refractivity contribution is 7.15. The van der Waals surface area contributed by atoms with Crippen molar-refractivity contribution < 1.29 is 24.4 Å². The number of hydrogen-bond donors (Lipinski definition) is 3. The Balaban J connectivity index is 1.56. The molecular weight excluding hydrogens is 476 g/mol. The van der Waals surface area contributed by atoms with Crippen molar-refractivity contribution in [3.63, 3.8) is 0 Å². The average molecular weight is 491 g/mol. The van der Waals surface area contributed by atoms with Gasteiger partial charge in [0.2, 0.25) is 11.0 Å². The number of hydrogen-bond acceptors (Lipinski definition) is 10. The summed E-state index contributed by atoms with van der Waals surface area (Å²) in [4.78, 5) is 34.5. The zero-order valence-electron chi connectivity index (χ0n) is 16.8. The molecule has 0 aliphatic rings. The number of nitro groups is 1. The third-order valence-electron chi connectivity index (χ3n) is 4.05. The molecule has 0 aliphatic carbocycles. The van der Waals surface area contributed by atoms with E-state index >= 15 is 0 Å². The number of nitro benzene ring substituents is 1. The van der Waals surface area contributed by atoms with Crippen LogP contribution in [0.15, 0.2) is 41.5 Å². The molecule has 2 amide bonds. The van der Waals surface area contributed by atoms with E-state index < -0.39 is 16.7 Å². The third kappa shape index (κ3) is 5.99. The lowest BCUT2D eigenvalue weighted by Crippen LogP contribution is -2.19. The highest BCUT2D eigenvalue weighted by atomic mass is 35.5. The van der Waals surface area contributed by atoms with E-state index in [0.717, 1.165) is 17.4 Å². The number of aromatic nitrogens is 2. The van der Waals surface area contributed by atoms with Crippen LogP contribution in [0.2, 0.25) is 5.02 Å². The molecule has 0 saturated heterocycles. The largest absolute Gasteiger partial charge is 0.504 e. The molecule has 0 spiro atoms. The predicted molar refractivity (Wildman–Crippen MR) is 120 cm³/mol. The minimum Gasteiger partial charge on any atom is -0.504 e. The second-order valence-corrected chi connectivity index (χ2v) is 7.72. The molecule has 14 heteroatoms. The topological polar surface area (TPSA) is 169 Å². The van der Waals surface area contributed by atoms with Gasteiger partial charge in [-0.15, -0.1) is 10.2 Å². The minimum absolute atomic E-state index is 0.0928. The fourth-order valence-electron chi connectivity index (χ4n) is 2.50. The van der Waals surface area contributed by atoms with E-state index in [2.05, 4.69) is 26.0 Å². The first-order valence-electron chi connectivity index (χ1n) is 9.04. The molecule has 0 saturated carbocycles. The summed E-state index contributed by atoms with van der Waals surface area (Å²) in [7, 11) is 1.41. The Labute approximate surface area is 195 Å². The molecule has 0 unspecified atom stereocenters. The van der Waals surface area contributed by atoms with Gasteiger partial charge < -0.3 is 9.84 Å². The zero-order valence-corrected chi connectivity index (χ0v) is 18.4. The van der Waals surface area contributed by atoms with Crippen LogP contribution in [0.1, 0.15) is 20.9 Å². The number of carbonyl (C=O) groups is 2. The summed E-state index contributed by atoms with van der Waals surface area (Å²) >= 11 is 6.78. The standard InChI is InChI=1S/C19H15ClN6O6S/c1-32-14-4-2-3-11(17(14)28)9-21-23-15(27)8-16-24-25-19(33-16)22-18(29)10-5-6-13(26(30)31)12(20)7-10/h2-7,9,28H,8H2,1H3,(H,23,27)(H,22,25,29)/b21-9-. The molecule has 0 radical (unpaired) electrons. The second-order valence-electron chi connectivity index (χ2n) is 6.25. The smallest absolute Gasteiger partial charge is 0.287 e. The van der Waals surface area contributed by atoms with Crippen LogP contribution < -0.4 is 15.5 Å². The van der Waals surface area contributed by atoms with Gasteiger partial charge in [0.05, 0.1) is 24.7 Å². The first-order valence-corrected chi connectivity index (χ1v) is 10.2. The number of amides is 2. The first kappa shape index (κ1) is 23.6. The van der Waals surface area contributed by atoms with E-state index in [0.29, 0.717) is 10.6 Å². The summed E-state index contributed by atoms with van der Waals surface area (Å²) in [5, 5.41) is 34.9. The summed E-state index contributed by atoms with van der Waals surface area (Å²) in [6.07, 6.45) is 1.11.